The second-order valence-electron chi connectivity index (χ2n) is 5.75. The van der Waals surface area contributed by atoms with Crippen LogP contribution in [0.3, 0.4) is 0 Å². The molecule has 0 fully saturated rings. The lowest BCUT2D eigenvalue weighted by molar-refractivity contribution is 0.358. The van der Waals surface area contributed by atoms with Gasteiger partial charge in [0.2, 0.25) is 0 Å². The van der Waals surface area contributed by atoms with Gasteiger partial charge >= 0.3 is 5.16 Å². The number of aromatic amines is 1. The summed E-state index contributed by atoms with van der Waals surface area (Å²) in [6.07, 6.45) is 0. The average Bonchev–Trinajstić information content (AvgIpc) is 3.05. The summed E-state index contributed by atoms with van der Waals surface area (Å²) in [6, 6.07) is 11.6. The Bertz CT molecular complexity index is 879. The molecule has 0 saturated carbocycles. The van der Waals surface area contributed by atoms with Gasteiger partial charge in [0, 0.05) is 36.5 Å². The second kappa shape index (κ2) is 7.25. The van der Waals surface area contributed by atoms with Gasteiger partial charge in [0.05, 0.1) is 19.7 Å². The zero-order valence-corrected chi connectivity index (χ0v) is 15.5. The third kappa shape index (κ3) is 3.38. The third-order valence-corrected chi connectivity index (χ3v) is 5.15. The molecule has 0 aliphatic rings. The van der Waals surface area contributed by atoms with Gasteiger partial charge in [-0.05, 0) is 18.2 Å². The van der Waals surface area contributed by atoms with E-state index in [-0.39, 0.29) is 0 Å². The van der Waals surface area contributed by atoms with Crippen molar-refractivity contribution in [3.8, 4) is 11.5 Å². The van der Waals surface area contributed by atoms with E-state index < -0.39 is 11.2 Å². The summed E-state index contributed by atoms with van der Waals surface area (Å²) < 4.78 is 23.5. The van der Waals surface area contributed by atoms with Crippen LogP contribution < -0.4 is 14.4 Å². The molecule has 0 aliphatic heterocycles. The van der Waals surface area contributed by atoms with Crippen LogP contribution in [0.1, 0.15) is 5.56 Å². The van der Waals surface area contributed by atoms with Crippen molar-refractivity contribution >= 4 is 27.9 Å². The van der Waals surface area contributed by atoms with Gasteiger partial charge < -0.3 is 18.9 Å². The van der Waals surface area contributed by atoms with E-state index in [2.05, 4.69) is 9.97 Å². The van der Waals surface area contributed by atoms with E-state index in [0.29, 0.717) is 27.9 Å². The summed E-state index contributed by atoms with van der Waals surface area (Å²) in [4.78, 5) is 9.63. The summed E-state index contributed by atoms with van der Waals surface area (Å²) in [5, 5.41) is 0.426. The quantitative estimate of drug-likeness (QED) is 0.685. The highest BCUT2D eigenvalue weighted by Gasteiger charge is 2.22. The number of benzene rings is 2. The summed E-state index contributed by atoms with van der Waals surface area (Å²) in [5.74, 6) is 1.51. The van der Waals surface area contributed by atoms with Crippen LogP contribution in [-0.4, -0.2) is 42.8 Å². The Hall–Kier alpha value is -2.38. The van der Waals surface area contributed by atoms with E-state index in [9.17, 15) is 4.55 Å². The van der Waals surface area contributed by atoms with Gasteiger partial charge in [-0.25, -0.2) is 0 Å². The van der Waals surface area contributed by atoms with Crippen LogP contribution in [0.5, 0.6) is 11.5 Å². The normalized spacial score (nSPS) is 12.2. The second-order valence-corrected chi connectivity index (χ2v) is 7.12. The van der Waals surface area contributed by atoms with Crippen molar-refractivity contribution in [1.82, 2.24) is 9.97 Å². The summed E-state index contributed by atoms with van der Waals surface area (Å²) in [5.41, 5.74) is 3.44. The first kappa shape index (κ1) is 17.4. The number of anilines is 1. The van der Waals surface area contributed by atoms with Crippen LogP contribution >= 0.6 is 0 Å². The van der Waals surface area contributed by atoms with E-state index in [1.165, 1.54) is 0 Å². The Morgan fingerprint density at radius 1 is 1.12 bits per heavy atom. The first-order valence-corrected chi connectivity index (χ1v) is 9.11. The highest BCUT2D eigenvalue weighted by atomic mass is 32.2. The number of imidazole rings is 1. The molecule has 132 valence electrons. The fourth-order valence-corrected chi connectivity index (χ4v) is 3.83. The monoisotopic (exact) mass is 359 g/mol. The number of ether oxygens (including phenoxy) is 2. The van der Waals surface area contributed by atoms with Crippen molar-refractivity contribution in [2.45, 2.75) is 10.9 Å². The van der Waals surface area contributed by atoms with Crippen LogP contribution in [0.4, 0.5) is 5.69 Å². The van der Waals surface area contributed by atoms with E-state index in [1.807, 2.05) is 49.3 Å². The minimum atomic E-state index is -1.30. The van der Waals surface area contributed by atoms with Crippen LogP contribution in [0.15, 0.2) is 41.6 Å². The predicted molar refractivity (Wildman–Crippen MR) is 100 cm³/mol. The molecule has 3 aromatic rings. The Labute approximate surface area is 150 Å². The van der Waals surface area contributed by atoms with Gasteiger partial charge in [-0.2, -0.15) is 4.98 Å². The van der Waals surface area contributed by atoms with Crippen molar-refractivity contribution in [3.63, 3.8) is 0 Å². The molecule has 2 aromatic carbocycles. The van der Waals surface area contributed by atoms with Gasteiger partial charge in [0.1, 0.15) is 11.3 Å². The van der Waals surface area contributed by atoms with E-state index in [4.69, 9.17) is 9.47 Å². The number of fused-ring (bicyclic) bond motifs is 1. The van der Waals surface area contributed by atoms with Gasteiger partial charge in [-0.15, -0.1) is 0 Å². The predicted octanol–water partition coefficient (Wildman–Crippen LogP) is 2.95. The Morgan fingerprint density at radius 3 is 2.56 bits per heavy atom. The lowest BCUT2D eigenvalue weighted by Crippen LogP contribution is -2.14. The number of hydrogen-bond donors (Lipinski definition) is 1. The first-order chi connectivity index (χ1) is 12.0. The SMILES string of the molecule is COc1ccc2[nH]c([S+]([O-])Cc3ccccc3N(C)C)nc2c1OC. The highest BCUT2D eigenvalue weighted by Crippen LogP contribution is 2.35. The molecule has 7 heteroatoms. The number of aromatic nitrogens is 2. The maximum absolute atomic E-state index is 12.8. The molecule has 0 spiro atoms. The van der Waals surface area contributed by atoms with Crippen molar-refractivity contribution in [3.05, 3.63) is 42.0 Å². The number of rotatable bonds is 6. The van der Waals surface area contributed by atoms with E-state index in [1.54, 1.807) is 20.3 Å². The fraction of sp³-hybridized carbons (Fsp3) is 0.278. The topological polar surface area (TPSA) is 73.4 Å². The van der Waals surface area contributed by atoms with Gasteiger partial charge in [-0.3, -0.25) is 4.98 Å². The molecule has 0 saturated heterocycles. The molecule has 0 bridgehead atoms. The van der Waals surface area contributed by atoms with Crippen molar-refractivity contribution in [1.29, 1.82) is 0 Å². The maximum atomic E-state index is 12.8. The first-order valence-electron chi connectivity index (χ1n) is 7.79. The van der Waals surface area contributed by atoms with Gasteiger partial charge in [-0.1, -0.05) is 18.2 Å². The molecule has 1 atom stereocenters. The Morgan fingerprint density at radius 2 is 1.88 bits per heavy atom. The van der Waals surface area contributed by atoms with Crippen molar-refractivity contribution < 1.29 is 14.0 Å². The van der Waals surface area contributed by atoms with Crippen molar-refractivity contribution in [2.24, 2.45) is 0 Å². The summed E-state index contributed by atoms with van der Waals surface area (Å²) in [7, 11) is 7.09. The lowest BCUT2D eigenvalue weighted by atomic mass is 10.2. The molecule has 0 aliphatic carbocycles. The van der Waals surface area contributed by atoms with Crippen molar-refractivity contribution in [2.75, 3.05) is 33.2 Å². The molecule has 6 nitrogen and oxygen atoms in total. The summed E-state index contributed by atoms with van der Waals surface area (Å²) >= 11 is -1.30. The largest absolute Gasteiger partial charge is 0.609 e. The lowest BCUT2D eigenvalue weighted by Gasteiger charge is -2.17. The smallest absolute Gasteiger partial charge is 0.322 e. The van der Waals surface area contributed by atoms with Crippen LogP contribution in [0, 0.1) is 0 Å². The molecule has 1 unspecified atom stereocenters. The molecule has 0 amide bonds. The number of para-hydroxylation sites is 1. The van der Waals surface area contributed by atoms with Crippen LogP contribution in [-0.2, 0) is 16.9 Å². The highest BCUT2D eigenvalue weighted by molar-refractivity contribution is 7.90. The van der Waals surface area contributed by atoms with Crippen LogP contribution in [0.25, 0.3) is 11.0 Å². The molecule has 1 aromatic heterocycles. The third-order valence-electron chi connectivity index (χ3n) is 3.95. The molecular formula is C18H21N3O3S. The zero-order chi connectivity index (χ0) is 18.0. The molecule has 1 N–H and O–H groups in total. The molecule has 1 heterocycles. The number of nitrogens with one attached hydrogen (secondary N) is 1. The fourth-order valence-electron chi connectivity index (χ4n) is 2.75. The number of hydrogen-bond acceptors (Lipinski definition) is 5. The Balaban J connectivity index is 1.94. The van der Waals surface area contributed by atoms with Crippen LogP contribution in [0.2, 0.25) is 0 Å². The van der Waals surface area contributed by atoms with Gasteiger partial charge in [0.15, 0.2) is 11.5 Å². The zero-order valence-electron chi connectivity index (χ0n) is 14.7. The maximum Gasteiger partial charge on any atom is 0.322 e. The number of nitrogens with zero attached hydrogens (tertiary/aromatic N) is 2. The van der Waals surface area contributed by atoms with Gasteiger partial charge in [0.25, 0.3) is 0 Å². The summed E-state index contributed by atoms with van der Waals surface area (Å²) in [6.45, 7) is 0. The minimum Gasteiger partial charge on any atom is -0.609 e. The molecule has 25 heavy (non-hydrogen) atoms. The molecule has 0 radical (unpaired) electrons. The number of H-pyrrole nitrogens is 1. The number of methoxy groups -OCH3 is 2. The molecule has 3 rings (SSSR count). The minimum absolute atomic E-state index is 0.383. The van der Waals surface area contributed by atoms with E-state index in [0.717, 1.165) is 16.8 Å². The standard InChI is InChI=1S/C18H21N3O3S/c1-21(2)14-8-6-5-7-12(14)11-25(22)18-19-13-9-10-15(23-3)17(24-4)16(13)20-18/h5-10H,11H2,1-4H3,(H,19,20). The Kier molecular flexibility index (Phi) is 5.06. The molecular weight excluding hydrogens is 338 g/mol. The van der Waals surface area contributed by atoms with E-state index >= 15 is 0 Å². The average molecular weight is 359 g/mol.